The molecule has 0 bridgehead atoms. The highest BCUT2D eigenvalue weighted by atomic mass is 16.5. The van der Waals surface area contributed by atoms with Crippen LogP contribution in [-0.4, -0.2) is 49.6 Å². The van der Waals surface area contributed by atoms with Gasteiger partial charge < -0.3 is 20.1 Å². The molecule has 1 heterocycles. The molecule has 0 saturated carbocycles. The smallest absolute Gasteiger partial charge is 0.325 e. The molecular formula is C19H27N3O5. The zero-order valence-electron chi connectivity index (χ0n) is 16.2. The molecule has 0 aromatic heterocycles. The van der Waals surface area contributed by atoms with Crippen LogP contribution < -0.4 is 20.1 Å². The van der Waals surface area contributed by atoms with E-state index in [1.54, 1.807) is 18.2 Å². The maximum absolute atomic E-state index is 12.5. The lowest BCUT2D eigenvalue weighted by molar-refractivity contribution is -0.131. The van der Waals surface area contributed by atoms with Gasteiger partial charge in [-0.2, -0.15) is 0 Å². The second-order valence-corrected chi connectivity index (χ2v) is 6.85. The second kappa shape index (κ2) is 9.25. The Labute approximate surface area is 159 Å². The van der Waals surface area contributed by atoms with Crippen molar-refractivity contribution in [2.75, 3.05) is 20.8 Å². The number of ether oxygens (including phenoxy) is 2. The molecule has 1 aliphatic heterocycles. The van der Waals surface area contributed by atoms with E-state index >= 15 is 0 Å². The van der Waals surface area contributed by atoms with Crippen LogP contribution in [0.2, 0.25) is 0 Å². The van der Waals surface area contributed by atoms with Crippen molar-refractivity contribution >= 4 is 17.8 Å². The summed E-state index contributed by atoms with van der Waals surface area (Å²) in [5.74, 6) is 0.906. The number of benzene rings is 1. The third kappa shape index (κ3) is 5.35. The van der Waals surface area contributed by atoms with Crippen LogP contribution in [0.3, 0.4) is 0 Å². The molecule has 0 unspecified atom stereocenters. The second-order valence-electron chi connectivity index (χ2n) is 6.85. The van der Waals surface area contributed by atoms with E-state index in [1.807, 2.05) is 0 Å². The molecule has 27 heavy (non-hydrogen) atoms. The number of hydrogen-bond acceptors (Lipinski definition) is 5. The van der Waals surface area contributed by atoms with E-state index in [0.717, 1.165) is 16.9 Å². The molecule has 0 spiro atoms. The molecule has 1 saturated heterocycles. The summed E-state index contributed by atoms with van der Waals surface area (Å²) in [6.45, 7) is 4.79. The molecule has 1 aliphatic rings. The first kappa shape index (κ1) is 20.5. The lowest BCUT2D eigenvalue weighted by Gasteiger charge is -2.15. The van der Waals surface area contributed by atoms with Gasteiger partial charge in [0.25, 0.3) is 5.91 Å². The third-order valence-electron chi connectivity index (χ3n) is 4.33. The van der Waals surface area contributed by atoms with Crippen molar-refractivity contribution in [1.82, 2.24) is 15.5 Å². The summed E-state index contributed by atoms with van der Waals surface area (Å²) in [6.07, 6.45) is 0.799. The fraction of sp³-hybridized carbons (Fsp3) is 0.526. The summed E-state index contributed by atoms with van der Waals surface area (Å²) < 4.78 is 10.4. The predicted molar refractivity (Wildman–Crippen MR) is 99.5 cm³/mol. The zero-order valence-corrected chi connectivity index (χ0v) is 16.2. The van der Waals surface area contributed by atoms with Gasteiger partial charge in [-0.15, -0.1) is 0 Å². The van der Waals surface area contributed by atoms with Gasteiger partial charge in [-0.05, 0) is 30.0 Å². The van der Waals surface area contributed by atoms with Crippen LogP contribution >= 0.6 is 0 Å². The Balaban J connectivity index is 1.96. The van der Waals surface area contributed by atoms with Crippen molar-refractivity contribution in [1.29, 1.82) is 0 Å². The zero-order chi connectivity index (χ0) is 20.0. The van der Waals surface area contributed by atoms with Gasteiger partial charge in [0, 0.05) is 6.54 Å². The molecule has 2 N–H and O–H groups in total. The summed E-state index contributed by atoms with van der Waals surface area (Å²) >= 11 is 0. The van der Waals surface area contributed by atoms with E-state index in [-0.39, 0.29) is 18.9 Å². The Morgan fingerprint density at radius 3 is 2.56 bits per heavy atom. The van der Waals surface area contributed by atoms with Crippen molar-refractivity contribution < 1.29 is 23.9 Å². The molecule has 1 aromatic rings. The summed E-state index contributed by atoms with van der Waals surface area (Å²) in [6, 6.07) is 3.84. The highest BCUT2D eigenvalue weighted by Gasteiger charge is 2.39. The van der Waals surface area contributed by atoms with Gasteiger partial charge >= 0.3 is 6.03 Å². The Morgan fingerprint density at radius 1 is 1.22 bits per heavy atom. The number of methoxy groups -OCH3 is 2. The van der Waals surface area contributed by atoms with E-state index in [9.17, 15) is 14.4 Å². The average Bonchev–Trinajstić information content (AvgIpc) is 2.88. The van der Waals surface area contributed by atoms with E-state index < -0.39 is 18.0 Å². The van der Waals surface area contributed by atoms with Crippen molar-refractivity contribution in [3.8, 4) is 11.5 Å². The van der Waals surface area contributed by atoms with Crippen LogP contribution in [0.1, 0.15) is 32.3 Å². The van der Waals surface area contributed by atoms with Crippen LogP contribution in [0, 0.1) is 5.92 Å². The number of nitrogens with zero attached hydrogens (tertiary/aromatic N) is 1. The minimum Gasteiger partial charge on any atom is -0.493 e. The molecule has 1 atom stereocenters. The molecule has 4 amide bonds. The molecule has 2 rings (SSSR count). The Morgan fingerprint density at radius 2 is 1.93 bits per heavy atom. The molecule has 1 aromatic carbocycles. The topological polar surface area (TPSA) is 97.0 Å². The van der Waals surface area contributed by atoms with E-state index in [0.29, 0.717) is 24.0 Å². The molecule has 0 aliphatic carbocycles. The standard InChI is InChI=1S/C19H27N3O5/c1-12(2)7-8-20-17(23)10-14-18(24)22(19(25)21-14)11-13-5-6-15(26-3)16(9-13)27-4/h5-6,9,12,14H,7-8,10-11H2,1-4H3,(H,20,23)(H,21,25)/t14-/m1/s1. The first-order valence-corrected chi connectivity index (χ1v) is 8.95. The first-order chi connectivity index (χ1) is 12.8. The summed E-state index contributed by atoms with van der Waals surface area (Å²) in [5, 5.41) is 5.35. The normalized spacial score (nSPS) is 16.5. The minimum atomic E-state index is -0.836. The van der Waals surface area contributed by atoms with Gasteiger partial charge in [-0.25, -0.2) is 4.79 Å². The number of carbonyl (C=O) groups is 3. The molecular weight excluding hydrogens is 350 g/mol. The fourth-order valence-corrected chi connectivity index (χ4v) is 2.78. The van der Waals surface area contributed by atoms with Crippen molar-refractivity contribution in [2.24, 2.45) is 5.92 Å². The Bertz CT molecular complexity index is 705. The van der Waals surface area contributed by atoms with Crippen LogP contribution in [0.25, 0.3) is 0 Å². The van der Waals surface area contributed by atoms with Gasteiger partial charge in [0.05, 0.1) is 27.2 Å². The molecule has 8 heteroatoms. The molecule has 8 nitrogen and oxygen atoms in total. The number of rotatable bonds is 9. The van der Waals surface area contributed by atoms with Crippen LogP contribution in [0.15, 0.2) is 18.2 Å². The van der Waals surface area contributed by atoms with Gasteiger partial charge in [0.2, 0.25) is 5.91 Å². The minimum absolute atomic E-state index is 0.0644. The quantitative estimate of drug-likeness (QED) is 0.638. The van der Waals surface area contributed by atoms with Crippen molar-refractivity contribution in [3.05, 3.63) is 23.8 Å². The lowest BCUT2D eigenvalue weighted by Crippen LogP contribution is -2.37. The highest BCUT2D eigenvalue weighted by Crippen LogP contribution is 2.28. The number of nitrogens with one attached hydrogen (secondary N) is 2. The van der Waals surface area contributed by atoms with Crippen LogP contribution in [0.4, 0.5) is 4.79 Å². The third-order valence-corrected chi connectivity index (χ3v) is 4.33. The van der Waals surface area contributed by atoms with Crippen molar-refractivity contribution in [3.63, 3.8) is 0 Å². The number of carbonyl (C=O) groups excluding carboxylic acids is 3. The average molecular weight is 377 g/mol. The van der Waals surface area contributed by atoms with E-state index in [4.69, 9.17) is 9.47 Å². The number of amides is 4. The monoisotopic (exact) mass is 377 g/mol. The van der Waals surface area contributed by atoms with Crippen LogP contribution in [-0.2, 0) is 16.1 Å². The summed E-state index contributed by atoms with van der Waals surface area (Å²) in [5.41, 5.74) is 0.721. The maximum atomic E-state index is 12.5. The highest BCUT2D eigenvalue weighted by molar-refractivity contribution is 6.05. The predicted octanol–water partition coefficient (Wildman–Crippen LogP) is 1.68. The Hall–Kier alpha value is -2.77. The number of hydrogen-bond donors (Lipinski definition) is 2. The molecule has 1 fully saturated rings. The lowest BCUT2D eigenvalue weighted by atomic mass is 10.1. The van der Waals surface area contributed by atoms with Crippen molar-refractivity contribution in [2.45, 2.75) is 39.3 Å². The van der Waals surface area contributed by atoms with Gasteiger partial charge in [0.1, 0.15) is 6.04 Å². The van der Waals surface area contributed by atoms with Gasteiger partial charge in [-0.1, -0.05) is 19.9 Å². The fourth-order valence-electron chi connectivity index (χ4n) is 2.78. The van der Waals surface area contributed by atoms with Gasteiger partial charge in [-0.3, -0.25) is 14.5 Å². The maximum Gasteiger partial charge on any atom is 0.325 e. The summed E-state index contributed by atoms with van der Waals surface area (Å²) in [7, 11) is 3.05. The number of urea groups is 1. The first-order valence-electron chi connectivity index (χ1n) is 8.95. The molecule has 0 radical (unpaired) electrons. The van der Waals surface area contributed by atoms with Gasteiger partial charge in [0.15, 0.2) is 11.5 Å². The largest absolute Gasteiger partial charge is 0.493 e. The van der Waals surface area contributed by atoms with E-state index in [1.165, 1.54) is 14.2 Å². The Kier molecular flexibility index (Phi) is 7.04. The summed E-state index contributed by atoms with van der Waals surface area (Å²) in [4.78, 5) is 37.8. The van der Waals surface area contributed by atoms with E-state index in [2.05, 4.69) is 24.5 Å². The molecule has 148 valence electrons. The van der Waals surface area contributed by atoms with Crippen LogP contribution in [0.5, 0.6) is 11.5 Å². The number of imide groups is 1. The SMILES string of the molecule is COc1ccc(CN2C(=O)N[C@H](CC(=O)NCCC(C)C)C2=O)cc1OC.